The minimum Gasteiger partial charge on any atom is -0.437 e. The maximum absolute atomic E-state index is 6.18. The first-order valence-electron chi connectivity index (χ1n) is 6.56. The van der Waals surface area contributed by atoms with Gasteiger partial charge in [-0.05, 0) is 42.8 Å². The fourth-order valence-corrected chi connectivity index (χ4v) is 2.40. The zero-order chi connectivity index (χ0) is 14.8. The van der Waals surface area contributed by atoms with Crippen LogP contribution in [0.25, 0.3) is 10.9 Å². The Kier molecular flexibility index (Phi) is 3.73. The number of nitrogens with two attached hydrogens (primary N) is 1. The normalized spacial score (nSPS) is 10.8. The molecule has 0 aliphatic heterocycles. The molecule has 0 unspecified atom stereocenters. The monoisotopic (exact) mass is 299 g/mol. The molecule has 0 saturated heterocycles. The summed E-state index contributed by atoms with van der Waals surface area (Å²) in [5, 5.41) is 1.49. The van der Waals surface area contributed by atoms with E-state index in [0.29, 0.717) is 28.7 Å². The summed E-state index contributed by atoms with van der Waals surface area (Å²) in [6, 6.07) is 11.1. The van der Waals surface area contributed by atoms with Crippen LogP contribution in [0.15, 0.2) is 42.6 Å². The molecule has 0 radical (unpaired) electrons. The van der Waals surface area contributed by atoms with Crippen molar-refractivity contribution in [3.8, 4) is 11.6 Å². The number of hydrogen-bond donors (Lipinski definition) is 1. The summed E-state index contributed by atoms with van der Waals surface area (Å²) in [6.07, 6.45) is 1.71. The molecule has 2 N–H and O–H groups in total. The number of aryl methyl sites for hydroxylation is 1. The summed E-state index contributed by atoms with van der Waals surface area (Å²) in [7, 11) is 0. The predicted octanol–water partition coefficient (Wildman–Crippen LogP) is 3.84. The van der Waals surface area contributed by atoms with Gasteiger partial charge in [-0.15, -0.1) is 0 Å². The molecule has 0 aliphatic rings. The largest absolute Gasteiger partial charge is 0.437 e. The zero-order valence-electron chi connectivity index (χ0n) is 11.5. The van der Waals surface area contributed by atoms with Crippen molar-refractivity contribution in [3.63, 3.8) is 0 Å². The second-order valence-corrected chi connectivity index (χ2v) is 5.11. The van der Waals surface area contributed by atoms with Crippen molar-refractivity contribution in [1.29, 1.82) is 0 Å². The van der Waals surface area contributed by atoms with Gasteiger partial charge in [0.2, 0.25) is 5.88 Å². The first-order chi connectivity index (χ1) is 10.2. The zero-order valence-corrected chi connectivity index (χ0v) is 12.3. The number of benzene rings is 1. The van der Waals surface area contributed by atoms with Gasteiger partial charge >= 0.3 is 0 Å². The van der Waals surface area contributed by atoms with Gasteiger partial charge in [0.1, 0.15) is 5.52 Å². The summed E-state index contributed by atoms with van der Waals surface area (Å²) in [5.74, 6) is 1.13. The van der Waals surface area contributed by atoms with Crippen molar-refractivity contribution in [2.75, 3.05) is 0 Å². The van der Waals surface area contributed by atoms with E-state index in [1.54, 1.807) is 18.3 Å². The van der Waals surface area contributed by atoms with Crippen molar-refractivity contribution in [1.82, 2.24) is 9.97 Å². The Hall–Kier alpha value is -2.17. The van der Waals surface area contributed by atoms with E-state index in [2.05, 4.69) is 9.97 Å². The van der Waals surface area contributed by atoms with E-state index < -0.39 is 0 Å². The van der Waals surface area contributed by atoms with Gasteiger partial charge in [0.05, 0.1) is 5.02 Å². The molecular weight excluding hydrogens is 286 g/mol. The van der Waals surface area contributed by atoms with E-state index in [9.17, 15) is 0 Å². The maximum Gasteiger partial charge on any atom is 0.219 e. The van der Waals surface area contributed by atoms with E-state index in [0.717, 1.165) is 16.6 Å². The molecule has 1 aromatic carbocycles. The quantitative estimate of drug-likeness (QED) is 0.798. The molecule has 0 bridgehead atoms. The van der Waals surface area contributed by atoms with E-state index in [1.807, 2.05) is 31.2 Å². The minimum absolute atomic E-state index is 0.444. The van der Waals surface area contributed by atoms with Crippen molar-refractivity contribution in [2.45, 2.75) is 13.5 Å². The summed E-state index contributed by atoms with van der Waals surface area (Å²) in [5.41, 5.74) is 8.23. The number of halogens is 1. The van der Waals surface area contributed by atoms with E-state index in [1.165, 1.54) is 0 Å². The van der Waals surface area contributed by atoms with Crippen LogP contribution in [0.3, 0.4) is 0 Å². The number of rotatable bonds is 3. The molecule has 106 valence electrons. The predicted molar refractivity (Wildman–Crippen MR) is 83.7 cm³/mol. The molecule has 4 nitrogen and oxygen atoms in total. The standard InChI is InChI=1S/C16H14ClN3O/c1-10-7-11(9-18)8-15(20-10)21-14-5-4-13(17)12-3-2-6-19-16(12)14/h2-8H,9,18H2,1H3. The van der Waals surface area contributed by atoms with Gasteiger partial charge in [0.15, 0.2) is 5.75 Å². The molecule has 21 heavy (non-hydrogen) atoms. The number of aromatic nitrogens is 2. The highest BCUT2D eigenvalue weighted by Gasteiger charge is 2.09. The Balaban J connectivity index is 2.06. The van der Waals surface area contributed by atoms with Crippen molar-refractivity contribution in [2.24, 2.45) is 5.73 Å². The summed E-state index contributed by atoms with van der Waals surface area (Å²) in [6.45, 7) is 2.35. The van der Waals surface area contributed by atoms with Crippen LogP contribution in [0.4, 0.5) is 0 Å². The van der Waals surface area contributed by atoms with E-state index in [-0.39, 0.29) is 0 Å². The number of hydrogen-bond acceptors (Lipinski definition) is 4. The van der Waals surface area contributed by atoms with Gasteiger partial charge < -0.3 is 10.5 Å². The lowest BCUT2D eigenvalue weighted by Gasteiger charge is -2.10. The maximum atomic E-state index is 6.18. The SMILES string of the molecule is Cc1cc(CN)cc(Oc2ccc(Cl)c3cccnc23)n1. The number of nitrogens with zero attached hydrogens (tertiary/aromatic N) is 2. The molecule has 0 saturated carbocycles. The first-order valence-corrected chi connectivity index (χ1v) is 6.94. The topological polar surface area (TPSA) is 61.0 Å². The third-order valence-corrected chi connectivity index (χ3v) is 3.45. The van der Waals surface area contributed by atoms with E-state index >= 15 is 0 Å². The van der Waals surface area contributed by atoms with Crippen LogP contribution in [0.2, 0.25) is 5.02 Å². The van der Waals surface area contributed by atoms with Gasteiger partial charge in [-0.2, -0.15) is 0 Å². The highest BCUT2D eigenvalue weighted by atomic mass is 35.5. The molecule has 0 aliphatic carbocycles. The van der Waals surface area contributed by atoms with Crippen LogP contribution in [-0.4, -0.2) is 9.97 Å². The molecule has 3 rings (SSSR count). The van der Waals surface area contributed by atoms with Crippen LogP contribution in [-0.2, 0) is 6.54 Å². The Bertz CT molecular complexity index is 805. The molecule has 0 fully saturated rings. The second-order valence-electron chi connectivity index (χ2n) is 4.71. The third-order valence-electron chi connectivity index (χ3n) is 3.12. The highest BCUT2D eigenvalue weighted by Crippen LogP contribution is 2.32. The molecule has 0 amide bonds. The lowest BCUT2D eigenvalue weighted by Crippen LogP contribution is -1.99. The van der Waals surface area contributed by atoms with Crippen LogP contribution < -0.4 is 10.5 Å². The molecule has 0 spiro atoms. The van der Waals surface area contributed by atoms with Gasteiger partial charge in [0.25, 0.3) is 0 Å². The molecule has 3 aromatic rings. The molecule has 2 heterocycles. The fraction of sp³-hybridized carbons (Fsp3) is 0.125. The van der Waals surface area contributed by atoms with Crippen LogP contribution in [0.5, 0.6) is 11.6 Å². The third kappa shape index (κ3) is 2.82. The fourth-order valence-electron chi connectivity index (χ4n) is 2.18. The summed E-state index contributed by atoms with van der Waals surface area (Å²) >= 11 is 6.18. The van der Waals surface area contributed by atoms with Crippen molar-refractivity contribution < 1.29 is 4.74 Å². The van der Waals surface area contributed by atoms with E-state index in [4.69, 9.17) is 22.1 Å². The average Bonchev–Trinajstić information content (AvgIpc) is 2.50. The first kappa shape index (κ1) is 13.8. The van der Waals surface area contributed by atoms with Crippen molar-refractivity contribution in [3.05, 3.63) is 58.9 Å². The van der Waals surface area contributed by atoms with Crippen LogP contribution >= 0.6 is 11.6 Å². The second kappa shape index (κ2) is 5.68. The smallest absolute Gasteiger partial charge is 0.219 e. The number of fused-ring (bicyclic) bond motifs is 1. The van der Waals surface area contributed by atoms with Crippen molar-refractivity contribution >= 4 is 22.5 Å². The number of pyridine rings is 2. The van der Waals surface area contributed by atoms with Gasteiger partial charge in [-0.3, -0.25) is 4.98 Å². The molecular formula is C16H14ClN3O. The van der Waals surface area contributed by atoms with Gasteiger partial charge in [-0.1, -0.05) is 11.6 Å². The van der Waals surface area contributed by atoms with Gasteiger partial charge in [-0.25, -0.2) is 4.98 Å². The lowest BCUT2D eigenvalue weighted by atomic mass is 10.2. The highest BCUT2D eigenvalue weighted by molar-refractivity contribution is 6.35. The summed E-state index contributed by atoms with van der Waals surface area (Å²) < 4.78 is 5.88. The van der Waals surface area contributed by atoms with Crippen LogP contribution in [0.1, 0.15) is 11.3 Å². The minimum atomic E-state index is 0.444. The van der Waals surface area contributed by atoms with Crippen LogP contribution in [0, 0.1) is 6.92 Å². The molecule has 0 atom stereocenters. The Morgan fingerprint density at radius 1 is 1.24 bits per heavy atom. The summed E-state index contributed by atoms with van der Waals surface area (Å²) in [4.78, 5) is 8.71. The van der Waals surface area contributed by atoms with Gasteiger partial charge in [0, 0.05) is 29.9 Å². The average molecular weight is 300 g/mol. The Labute approximate surface area is 127 Å². The molecule has 5 heteroatoms. The Morgan fingerprint density at radius 3 is 2.90 bits per heavy atom. The lowest BCUT2D eigenvalue weighted by molar-refractivity contribution is 0.465. The Morgan fingerprint density at radius 2 is 2.10 bits per heavy atom. The molecule has 2 aromatic heterocycles. The number of ether oxygens (including phenoxy) is 1.